The minimum absolute atomic E-state index is 0.131. The summed E-state index contributed by atoms with van der Waals surface area (Å²) in [5.41, 5.74) is 5.46. The summed E-state index contributed by atoms with van der Waals surface area (Å²) in [4.78, 5) is 1.99. The van der Waals surface area contributed by atoms with Crippen LogP contribution in [-0.2, 0) is 0 Å². The molecule has 0 amide bonds. The van der Waals surface area contributed by atoms with E-state index in [0.717, 1.165) is 39.3 Å². The zero-order valence-electron chi connectivity index (χ0n) is 19.1. The Labute approximate surface area is 193 Å². The molecule has 0 aliphatic rings. The van der Waals surface area contributed by atoms with Crippen LogP contribution in [0.4, 0.5) is 17.1 Å². The van der Waals surface area contributed by atoms with Crippen LogP contribution in [0.3, 0.4) is 0 Å². The fourth-order valence-electron chi connectivity index (χ4n) is 3.80. The molecule has 0 atom stereocenters. The van der Waals surface area contributed by atoms with Crippen molar-refractivity contribution in [2.75, 3.05) is 4.90 Å². The maximum Gasteiger partial charge on any atom is 0.172 e. The summed E-state index contributed by atoms with van der Waals surface area (Å²) in [5.74, 6) is 1.54. The Morgan fingerprint density at radius 1 is 0.606 bits per heavy atom. The van der Waals surface area contributed by atoms with Gasteiger partial charge in [-0.2, -0.15) is 0 Å². The Bertz CT molecular complexity index is 1260. The van der Waals surface area contributed by atoms with Crippen molar-refractivity contribution in [3.63, 3.8) is 0 Å². The van der Waals surface area contributed by atoms with E-state index in [0.29, 0.717) is 11.5 Å². The van der Waals surface area contributed by atoms with E-state index < -0.39 is 0 Å². The number of nitrogens with zero attached hydrogens (tertiary/aromatic N) is 1. The number of aryl methyl sites for hydroxylation is 2. The Kier molecular flexibility index (Phi) is 5.88. The van der Waals surface area contributed by atoms with Gasteiger partial charge in [0.15, 0.2) is 11.5 Å². The largest absolute Gasteiger partial charge is 0.508 e. The molecule has 168 valence electrons. The van der Waals surface area contributed by atoms with Gasteiger partial charge in [0.25, 0.3) is 0 Å². The third kappa shape index (κ3) is 4.17. The lowest BCUT2D eigenvalue weighted by Crippen LogP contribution is -2.12. The second kappa shape index (κ2) is 8.79. The molecular weight excluding hydrogens is 414 g/mol. The van der Waals surface area contributed by atoms with Crippen molar-refractivity contribution in [1.82, 2.24) is 0 Å². The highest BCUT2D eigenvalue weighted by Crippen LogP contribution is 2.43. The topological polar surface area (TPSA) is 73.2 Å². The number of rotatable bonds is 5. The molecule has 0 fully saturated rings. The first-order valence-electron chi connectivity index (χ1n) is 10.7. The summed E-state index contributed by atoms with van der Waals surface area (Å²) in [7, 11) is 0. The van der Waals surface area contributed by atoms with Crippen LogP contribution in [0, 0.1) is 27.7 Å². The van der Waals surface area contributed by atoms with E-state index in [1.807, 2.05) is 81.1 Å². The molecule has 0 spiro atoms. The van der Waals surface area contributed by atoms with Crippen LogP contribution >= 0.6 is 0 Å². The van der Waals surface area contributed by atoms with Crippen LogP contribution in [0.15, 0.2) is 72.8 Å². The van der Waals surface area contributed by atoms with Crippen molar-refractivity contribution in [3.8, 4) is 28.7 Å². The molecule has 0 saturated heterocycles. The summed E-state index contributed by atoms with van der Waals surface area (Å²) in [5, 5.41) is 31.1. The highest BCUT2D eigenvalue weighted by atomic mass is 16.5. The third-order valence-electron chi connectivity index (χ3n) is 5.88. The molecule has 3 N–H and O–H groups in total. The molecule has 0 radical (unpaired) electrons. The molecule has 0 unspecified atom stereocenters. The van der Waals surface area contributed by atoms with Crippen LogP contribution < -0.4 is 9.64 Å². The van der Waals surface area contributed by atoms with Gasteiger partial charge >= 0.3 is 0 Å². The molecule has 0 aromatic heterocycles. The molecule has 0 saturated carbocycles. The molecule has 4 rings (SSSR count). The average molecular weight is 442 g/mol. The SMILES string of the molecule is Cc1ccc(C)c(Oc2ccc(N(c3cccc(O)c3C)c3cccc(O)c3C)cc2)c1O. The van der Waals surface area contributed by atoms with Crippen molar-refractivity contribution in [2.24, 2.45) is 0 Å². The van der Waals surface area contributed by atoms with Gasteiger partial charge in [-0.25, -0.2) is 0 Å². The van der Waals surface area contributed by atoms with Gasteiger partial charge in [-0.3, -0.25) is 0 Å². The highest BCUT2D eigenvalue weighted by Gasteiger charge is 2.19. The Balaban J connectivity index is 1.78. The van der Waals surface area contributed by atoms with Crippen LogP contribution in [0.1, 0.15) is 22.3 Å². The zero-order valence-corrected chi connectivity index (χ0v) is 19.1. The maximum absolute atomic E-state index is 10.4. The lowest BCUT2D eigenvalue weighted by molar-refractivity contribution is 0.406. The van der Waals surface area contributed by atoms with Crippen LogP contribution in [0.2, 0.25) is 0 Å². The van der Waals surface area contributed by atoms with Gasteiger partial charge in [0.2, 0.25) is 0 Å². The average Bonchev–Trinajstić information content (AvgIpc) is 2.80. The normalized spacial score (nSPS) is 10.8. The third-order valence-corrected chi connectivity index (χ3v) is 5.88. The second-order valence-corrected chi connectivity index (χ2v) is 8.15. The molecule has 5 heteroatoms. The fourth-order valence-corrected chi connectivity index (χ4v) is 3.80. The minimum Gasteiger partial charge on any atom is -0.508 e. The van der Waals surface area contributed by atoms with Gasteiger partial charge in [0.1, 0.15) is 17.2 Å². The molecule has 0 heterocycles. The number of ether oxygens (including phenoxy) is 1. The van der Waals surface area contributed by atoms with E-state index in [-0.39, 0.29) is 17.2 Å². The molecule has 4 aromatic carbocycles. The van der Waals surface area contributed by atoms with Gasteiger partial charge in [-0.05, 0) is 87.4 Å². The summed E-state index contributed by atoms with van der Waals surface area (Å²) in [6.45, 7) is 7.44. The first kappa shape index (κ1) is 22.1. The fraction of sp³-hybridized carbons (Fsp3) is 0.143. The van der Waals surface area contributed by atoms with E-state index in [9.17, 15) is 15.3 Å². The molecule has 0 aliphatic carbocycles. The summed E-state index contributed by atoms with van der Waals surface area (Å²) in [6, 6.07) is 22.0. The number of phenolic OH excluding ortho intramolecular Hbond substituents is 3. The van der Waals surface area contributed by atoms with Crippen molar-refractivity contribution >= 4 is 17.1 Å². The van der Waals surface area contributed by atoms with Gasteiger partial charge in [0.05, 0.1) is 11.4 Å². The predicted octanol–water partition coefficient (Wildman–Crippen LogP) is 7.30. The van der Waals surface area contributed by atoms with E-state index in [2.05, 4.69) is 0 Å². The van der Waals surface area contributed by atoms with Crippen molar-refractivity contribution in [1.29, 1.82) is 0 Å². The van der Waals surface area contributed by atoms with Gasteiger partial charge < -0.3 is 25.0 Å². The molecule has 4 aromatic rings. The molecule has 33 heavy (non-hydrogen) atoms. The Morgan fingerprint density at radius 3 is 1.67 bits per heavy atom. The number of anilines is 3. The Morgan fingerprint density at radius 2 is 1.12 bits per heavy atom. The van der Waals surface area contributed by atoms with E-state index in [4.69, 9.17) is 4.74 Å². The van der Waals surface area contributed by atoms with Crippen molar-refractivity contribution < 1.29 is 20.1 Å². The van der Waals surface area contributed by atoms with Gasteiger partial charge in [-0.1, -0.05) is 24.3 Å². The first-order chi connectivity index (χ1) is 15.8. The number of hydrogen-bond donors (Lipinski definition) is 3. The van der Waals surface area contributed by atoms with Gasteiger partial charge in [-0.15, -0.1) is 0 Å². The predicted molar refractivity (Wildman–Crippen MR) is 132 cm³/mol. The number of hydrogen-bond acceptors (Lipinski definition) is 5. The molecule has 5 nitrogen and oxygen atoms in total. The monoisotopic (exact) mass is 441 g/mol. The lowest BCUT2D eigenvalue weighted by atomic mass is 10.1. The quantitative estimate of drug-likeness (QED) is 0.303. The molecule has 0 aliphatic heterocycles. The summed E-state index contributed by atoms with van der Waals surface area (Å²) < 4.78 is 6.00. The lowest BCUT2D eigenvalue weighted by Gasteiger charge is -2.29. The van der Waals surface area contributed by atoms with Gasteiger partial charge in [0, 0.05) is 16.8 Å². The second-order valence-electron chi connectivity index (χ2n) is 8.15. The van der Waals surface area contributed by atoms with Crippen molar-refractivity contribution in [2.45, 2.75) is 27.7 Å². The number of aromatic hydroxyl groups is 3. The van der Waals surface area contributed by atoms with Crippen LogP contribution in [0.25, 0.3) is 0 Å². The minimum atomic E-state index is 0.131. The Hall–Kier alpha value is -4.12. The zero-order chi connectivity index (χ0) is 23.7. The maximum atomic E-state index is 10.4. The van der Waals surface area contributed by atoms with Crippen LogP contribution in [0.5, 0.6) is 28.7 Å². The standard InChI is InChI=1S/C28H27NO4/c1-17-11-12-18(2)28(27(17)32)33-22-15-13-21(14-16-22)29(23-7-5-9-25(30)19(23)3)24-8-6-10-26(31)20(24)4/h5-16,30-32H,1-4H3. The summed E-state index contributed by atoms with van der Waals surface area (Å²) >= 11 is 0. The number of phenols is 3. The van der Waals surface area contributed by atoms with E-state index in [1.54, 1.807) is 24.3 Å². The summed E-state index contributed by atoms with van der Waals surface area (Å²) in [6.07, 6.45) is 0. The molecular formula is C28H27NO4. The van der Waals surface area contributed by atoms with E-state index in [1.165, 1.54) is 0 Å². The van der Waals surface area contributed by atoms with E-state index >= 15 is 0 Å². The van der Waals surface area contributed by atoms with Crippen LogP contribution in [-0.4, -0.2) is 15.3 Å². The first-order valence-corrected chi connectivity index (χ1v) is 10.7. The number of benzene rings is 4. The highest BCUT2D eigenvalue weighted by molar-refractivity contribution is 5.82. The smallest absolute Gasteiger partial charge is 0.172 e. The molecule has 0 bridgehead atoms. The van der Waals surface area contributed by atoms with Crippen molar-refractivity contribution in [3.05, 3.63) is 95.1 Å².